The van der Waals surface area contributed by atoms with Crippen LogP contribution in [0.25, 0.3) is 10.2 Å². The summed E-state index contributed by atoms with van der Waals surface area (Å²) in [5.41, 5.74) is 4.04. The highest BCUT2D eigenvalue weighted by atomic mass is 32.1. The number of hydrogen-bond acceptors (Lipinski definition) is 5. The van der Waals surface area contributed by atoms with Crippen molar-refractivity contribution in [2.45, 2.75) is 44.1 Å². The molecule has 2 bridgehead atoms. The molecule has 2 N–H and O–H groups in total. The topological polar surface area (TPSA) is 88.5 Å². The van der Waals surface area contributed by atoms with Crippen molar-refractivity contribution in [1.29, 1.82) is 0 Å². The molecule has 1 heterocycles. The number of hydrogen-bond donors (Lipinski definition) is 2. The van der Waals surface area contributed by atoms with Crippen LogP contribution in [0.3, 0.4) is 0 Å². The average Bonchev–Trinajstić information content (AvgIpc) is 3.67. The van der Waals surface area contributed by atoms with Gasteiger partial charge in [0.1, 0.15) is 17.4 Å². The first-order valence-electron chi connectivity index (χ1n) is 13.2. The molecule has 194 valence electrons. The number of carbonyl (C=O) groups is 2. The van der Waals surface area contributed by atoms with E-state index in [1.807, 2.05) is 30.3 Å². The van der Waals surface area contributed by atoms with Crippen molar-refractivity contribution in [3.05, 3.63) is 94.5 Å². The number of amides is 1. The molecule has 1 aromatic heterocycles. The Hall–Kier alpha value is -3.71. The lowest BCUT2D eigenvalue weighted by molar-refractivity contribution is -0.136. The standard InChI is InChI=1S/C31H30N2O4S/c34-29(35)15-16-32-30(36)21-6-9-22(10-7-21)31(18-20-5-8-24(31)17-20)23-11-13-25(14-12-23)37-19-28-33-26-3-1-2-4-27(26)38-28/h1-4,6-7,9-14,20,24H,5,8,15-19H2,(H,32,36)(H,34,35). The number of nitrogens with zero attached hydrogens (tertiary/aromatic N) is 1. The summed E-state index contributed by atoms with van der Waals surface area (Å²) < 4.78 is 7.27. The van der Waals surface area contributed by atoms with Crippen LogP contribution in [0.1, 0.15) is 58.6 Å². The Bertz CT molecular complexity index is 1430. The van der Waals surface area contributed by atoms with Crippen LogP contribution >= 0.6 is 11.3 Å². The minimum atomic E-state index is -0.924. The van der Waals surface area contributed by atoms with E-state index in [0.29, 0.717) is 18.1 Å². The number of nitrogens with one attached hydrogen (secondary N) is 1. The van der Waals surface area contributed by atoms with Crippen molar-refractivity contribution in [2.24, 2.45) is 11.8 Å². The van der Waals surface area contributed by atoms with Gasteiger partial charge in [-0.1, -0.05) is 42.8 Å². The van der Waals surface area contributed by atoms with Gasteiger partial charge in [0.15, 0.2) is 0 Å². The summed E-state index contributed by atoms with van der Waals surface area (Å²) in [5, 5.41) is 12.5. The van der Waals surface area contributed by atoms with Crippen LogP contribution in [-0.4, -0.2) is 28.5 Å². The van der Waals surface area contributed by atoms with Crippen molar-refractivity contribution in [3.8, 4) is 5.75 Å². The van der Waals surface area contributed by atoms with Gasteiger partial charge in [0.05, 0.1) is 16.6 Å². The highest BCUT2D eigenvalue weighted by molar-refractivity contribution is 7.18. The van der Waals surface area contributed by atoms with Gasteiger partial charge >= 0.3 is 5.97 Å². The molecule has 7 heteroatoms. The Labute approximate surface area is 225 Å². The van der Waals surface area contributed by atoms with E-state index < -0.39 is 5.97 Å². The fourth-order valence-corrected chi connectivity index (χ4v) is 7.36. The second-order valence-corrected chi connectivity index (χ2v) is 11.5. The summed E-state index contributed by atoms with van der Waals surface area (Å²) in [5.74, 6) is 0.979. The Kier molecular flexibility index (Phi) is 6.62. The SMILES string of the molecule is O=C(O)CCNC(=O)c1ccc(C2(c3ccc(OCc4nc5ccccc5s4)cc3)CC3CCC2C3)cc1. The van der Waals surface area contributed by atoms with Gasteiger partial charge in [-0.25, -0.2) is 4.98 Å². The minimum absolute atomic E-state index is 0.0627. The van der Waals surface area contributed by atoms with Crippen molar-refractivity contribution < 1.29 is 19.4 Å². The maximum absolute atomic E-state index is 12.5. The highest BCUT2D eigenvalue weighted by Crippen LogP contribution is 2.60. The zero-order valence-electron chi connectivity index (χ0n) is 21.1. The number of thiazole rings is 1. The molecular weight excluding hydrogens is 496 g/mol. The smallest absolute Gasteiger partial charge is 0.305 e. The summed E-state index contributed by atoms with van der Waals surface area (Å²) in [4.78, 5) is 27.9. The molecule has 3 aromatic carbocycles. The molecule has 0 saturated heterocycles. The van der Waals surface area contributed by atoms with Gasteiger partial charge < -0.3 is 15.2 Å². The van der Waals surface area contributed by atoms with Crippen LogP contribution in [0.4, 0.5) is 0 Å². The fourth-order valence-electron chi connectivity index (χ4n) is 6.48. The number of rotatable bonds is 9. The molecular formula is C31H30N2O4S. The van der Waals surface area contributed by atoms with Crippen molar-refractivity contribution in [1.82, 2.24) is 10.3 Å². The Balaban J connectivity index is 1.20. The molecule has 6 rings (SSSR count). The molecule has 2 aliphatic carbocycles. The molecule has 2 aliphatic rings. The van der Waals surface area contributed by atoms with Gasteiger partial charge in [0.2, 0.25) is 0 Å². The van der Waals surface area contributed by atoms with Crippen LogP contribution in [0.5, 0.6) is 5.75 Å². The predicted molar refractivity (Wildman–Crippen MR) is 148 cm³/mol. The third-order valence-electron chi connectivity index (χ3n) is 8.21. The first-order valence-corrected chi connectivity index (χ1v) is 14.0. The summed E-state index contributed by atoms with van der Waals surface area (Å²) in [7, 11) is 0. The van der Waals surface area contributed by atoms with Crippen LogP contribution < -0.4 is 10.1 Å². The quantitative estimate of drug-likeness (QED) is 0.272. The van der Waals surface area contributed by atoms with E-state index in [4.69, 9.17) is 9.84 Å². The van der Waals surface area contributed by atoms with Crippen LogP contribution in [0, 0.1) is 11.8 Å². The number of carboxylic acids is 1. The first-order chi connectivity index (χ1) is 18.5. The maximum Gasteiger partial charge on any atom is 0.305 e. The fraction of sp³-hybridized carbons (Fsp3) is 0.323. The number of aliphatic carboxylic acids is 1. The molecule has 38 heavy (non-hydrogen) atoms. The number of ether oxygens (including phenoxy) is 1. The van der Waals surface area contributed by atoms with E-state index in [1.165, 1.54) is 35.1 Å². The molecule has 2 saturated carbocycles. The maximum atomic E-state index is 12.5. The van der Waals surface area contributed by atoms with Gasteiger partial charge in [-0.15, -0.1) is 11.3 Å². The largest absolute Gasteiger partial charge is 0.486 e. The molecule has 3 unspecified atom stereocenters. The van der Waals surface area contributed by atoms with Gasteiger partial charge in [0, 0.05) is 17.5 Å². The average molecular weight is 527 g/mol. The Morgan fingerprint density at radius 2 is 1.74 bits per heavy atom. The second-order valence-electron chi connectivity index (χ2n) is 10.4. The monoisotopic (exact) mass is 526 g/mol. The van der Waals surface area contributed by atoms with E-state index in [2.05, 4.69) is 52.8 Å². The Morgan fingerprint density at radius 3 is 2.39 bits per heavy atom. The number of benzene rings is 3. The Morgan fingerprint density at radius 1 is 1.00 bits per heavy atom. The van der Waals surface area contributed by atoms with Crippen LogP contribution in [0.15, 0.2) is 72.8 Å². The molecule has 6 nitrogen and oxygen atoms in total. The number of aromatic nitrogens is 1. The summed E-state index contributed by atoms with van der Waals surface area (Å²) >= 11 is 1.66. The molecule has 0 spiro atoms. The van der Waals surface area contributed by atoms with E-state index in [0.717, 1.165) is 28.6 Å². The van der Waals surface area contributed by atoms with Gasteiger partial charge in [-0.2, -0.15) is 0 Å². The number of carbonyl (C=O) groups excluding carboxylic acids is 1. The molecule has 2 fully saturated rings. The molecule has 4 aromatic rings. The van der Waals surface area contributed by atoms with E-state index in [-0.39, 0.29) is 24.3 Å². The lowest BCUT2D eigenvalue weighted by atomic mass is 9.64. The molecule has 0 aliphatic heterocycles. The molecule has 1 amide bonds. The molecule has 0 radical (unpaired) electrons. The summed E-state index contributed by atoms with van der Waals surface area (Å²) in [6.45, 7) is 0.571. The van der Waals surface area contributed by atoms with Crippen molar-refractivity contribution in [2.75, 3.05) is 6.54 Å². The van der Waals surface area contributed by atoms with Gasteiger partial charge in [0.25, 0.3) is 5.91 Å². The third kappa shape index (κ3) is 4.67. The van der Waals surface area contributed by atoms with Gasteiger partial charge in [-0.3, -0.25) is 9.59 Å². The number of para-hydroxylation sites is 1. The number of carboxylic acid groups (broad SMARTS) is 1. The third-order valence-corrected chi connectivity index (χ3v) is 9.22. The normalized spacial score (nSPS) is 22.0. The highest BCUT2D eigenvalue weighted by Gasteiger charge is 2.52. The van der Waals surface area contributed by atoms with Gasteiger partial charge in [-0.05, 0) is 78.6 Å². The zero-order chi connectivity index (χ0) is 26.1. The minimum Gasteiger partial charge on any atom is -0.486 e. The lowest BCUT2D eigenvalue weighted by Crippen LogP contribution is -2.34. The first kappa shape index (κ1) is 24.6. The summed E-state index contributed by atoms with van der Waals surface area (Å²) in [6, 6.07) is 24.6. The predicted octanol–water partition coefficient (Wildman–Crippen LogP) is 6.19. The van der Waals surface area contributed by atoms with Crippen molar-refractivity contribution >= 4 is 33.4 Å². The van der Waals surface area contributed by atoms with Crippen LogP contribution in [-0.2, 0) is 16.8 Å². The number of fused-ring (bicyclic) bond motifs is 3. The van der Waals surface area contributed by atoms with Crippen LogP contribution in [0.2, 0.25) is 0 Å². The zero-order valence-corrected chi connectivity index (χ0v) is 21.9. The van der Waals surface area contributed by atoms with E-state index in [9.17, 15) is 9.59 Å². The molecule has 3 atom stereocenters. The lowest BCUT2D eigenvalue weighted by Gasteiger charge is -2.39. The van der Waals surface area contributed by atoms with Crippen molar-refractivity contribution in [3.63, 3.8) is 0 Å². The summed E-state index contributed by atoms with van der Waals surface area (Å²) in [6.07, 6.45) is 4.79. The van der Waals surface area contributed by atoms with E-state index >= 15 is 0 Å². The second kappa shape index (κ2) is 10.2. The van der Waals surface area contributed by atoms with E-state index in [1.54, 1.807) is 11.3 Å².